The second-order valence-corrected chi connectivity index (χ2v) is 3.21. The van der Waals surface area contributed by atoms with Gasteiger partial charge in [-0.05, 0) is 6.07 Å². The molecule has 3 heteroatoms. The Morgan fingerprint density at radius 1 is 1.38 bits per heavy atom. The lowest BCUT2D eigenvalue weighted by atomic mass is 9.99. The van der Waals surface area contributed by atoms with E-state index in [4.69, 9.17) is 9.84 Å². The zero-order valence-corrected chi connectivity index (χ0v) is 7.18. The summed E-state index contributed by atoms with van der Waals surface area (Å²) in [5, 5.41) is 18.6. The van der Waals surface area contributed by atoms with Crippen molar-refractivity contribution in [3.63, 3.8) is 0 Å². The molecular formula is C10H12O3. The molecule has 0 bridgehead atoms. The van der Waals surface area contributed by atoms with Crippen LogP contribution >= 0.6 is 0 Å². The average Bonchev–Trinajstić information content (AvgIpc) is 2.18. The van der Waals surface area contributed by atoms with E-state index in [1.165, 1.54) is 0 Å². The molecule has 0 saturated heterocycles. The fourth-order valence-electron chi connectivity index (χ4n) is 1.58. The van der Waals surface area contributed by atoms with Crippen LogP contribution in [0.15, 0.2) is 24.3 Å². The molecule has 13 heavy (non-hydrogen) atoms. The normalized spacial score (nSPS) is 26.3. The van der Waals surface area contributed by atoms with Crippen LogP contribution in [-0.4, -0.2) is 22.9 Å². The third-order valence-corrected chi connectivity index (χ3v) is 2.26. The highest BCUT2D eigenvalue weighted by atomic mass is 16.5. The van der Waals surface area contributed by atoms with Gasteiger partial charge in [0.15, 0.2) is 0 Å². The van der Waals surface area contributed by atoms with Crippen molar-refractivity contribution in [1.82, 2.24) is 0 Å². The summed E-state index contributed by atoms with van der Waals surface area (Å²) in [6, 6.07) is 7.37. The predicted molar refractivity (Wildman–Crippen MR) is 47.5 cm³/mol. The molecule has 2 N–H and O–H groups in total. The Morgan fingerprint density at radius 3 is 2.92 bits per heavy atom. The van der Waals surface area contributed by atoms with E-state index in [1.54, 1.807) is 6.07 Å². The number of ether oxygens (including phenoxy) is 1. The lowest BCUT2D eigenvalue weighted by molar-refractivity contribution is 0.0333. The number of para-hydroxylation sites is 1. The Labute approximate surface area is 76.6 Å². The van der Waals surface area contributed by atoms with Crippen molar-refractivity contribution in [2.75, 3.05) is 6.61 Å². The predicted octanol–water partition coefficient (Wildman–Crippen LogP) is 0.863. The number of fused-ring (bicyclic) bond motifs is 1. The maximum Gasteiger partial charge on any atom is 0.125 e. The number of hydrogen-bond acceptors (Lipinski definition) is 3. The van der Waals surface area contributed by atoms with Gasteiger partial charge in [-0.1, -0.05) is 18.2 Å². The third-order valence-electron chi connectivity index (χ3n) is 2.26. The van der Waals surface area contributed by atoms with Gasteiger partial charge in [0, 0.05) is 12.0 Å². The summed E-state index contributed by atoms with van der Waals surface area (Å²) >= 11 is 0. The molecule has 2 rings (SSSR count). The highest BCUT2D eigenvalue weighted by Gasteiger charge is 2.25. The van der Waals surface area contributed by atoms with Crippen molar-refractivity contribution < 1.29 is 14.9 Å². The van der Waals surface area contributed by atoms with Crippen LogP contribution in [0.4, 0.5) is 0 Å². The minimum Gasteiger partial charge on any atom is -0.488 e. The van der Waals surface area contributed by atoms with Gasteiger partial charge in [0.2, 0.25) is 0 Å². The molecule has 1 aromatic carbocycles. The minimum absolute atomic E-state index is 0.0502. The van der Waals surface area contributed by atoms with Crippen molar-refractivity contribution in [1.29, 1.82) is 0 Å². The number of aliphatic hydroxyl groups excluding tert-OH is 2. The molecule has 1 unspecified atom stereocenters. The molecule has 2 atom stereocenters. The molecule has 1 heterocycles. The molecule has 1 aliphatic heterocycles. The van der Waals surface area contributed by atoms with Crippen LogP contribution < -0.4 is 4.74 Å². The zero-order chi connectivity index (χ0) is 9.26. The van der Waals surface area contributed by atoms with Crippen LogP contribution in [0.5, 0.6) is 5.75 Å². The highest BCUT2D eigenvalue weighted by molar-refractivity contribution is 5.36. The molecule has 0 amide bonds. The van der Waals surface area contributed by atoms with E-state index in [1.807, 2.05) is 18.2 Å². The second-order valence-electron chi connectivity index (χ2n) is 3.21. The number of aliphatic hydroxyl groups is 2. The van der Waals surface area contributed by atoms with Crippen molar-refractivity contribution in [3.8, 4) is 5.75 Å². The van der Waals surface area contributed by atoms with Gasteiger partial charge in [-0.3, -0.25) is 0 Å². The highest BCUT2D eigenvalue weighted by Crippen LogP contribution is 2.33. The van der Waals surface area contributed by atoms with Gasteiger partial charge in [-0.2, -0.15) is 0 Å². The smallest absolute Gasteiger partial charge is 0.125 e. The summed E-state index contributed by atoms with van der Waals surface area (Å²) in [6.07, 6.45) is -0.319. The Bertz CT molecular complexity index is 298. The molecule has 0 aliphatic carbocycles. The van der Waals surface area contributed by atoms with Gasteiger partial charge in [-0.15, -0.1) is 0 Å². The molecule has 0 radical (unpaired) electrons. The third kappa shape index (κ3) is 1.53. The summed E-state index contributed by atoms with van der Waals surface area (Å²) in [4.78, 5) is 0. The Morgan fingerprint density at radius 2 is 2.15 bits per heavy atom. The minimum atomic E-state index is -0.512. The fourth-order valence-corrected chi connectivity index (χ4v) is 1.58. The van der Waals surface area contributed by atoms with Crippen LogP contribution in [0.2, 0.25) is 0 Å². The molecule has 1 aliphatic rings. The average molecular weight is 180 g/mol. The first-order chi connectivity index (χ1) is 6.31. The molecular weight excluding hydrogens is 168 g/mol. The SMILES string of the molecule is OCC1C[C@H](O)c2ccccc2O1. The van der Waals surface area contributed by atoms with Gasteiger partial charge in [0.05, 0.1) is 12.7 Å². The molecule has 0 aromatic heterocycles. The molecule has 1 aromatic rings. The monoisotopic (exact) mass is 180 g/mol. The van der Waals surface area contributed by atoms with Crippen LogP contribution in [0.3, 0.4) is 0 Å². The maximum atomic E-state index is 9.67. The first-order valence-electron chi connectivity index (χ1n) is 4.36. The van der Waals surface area contributed by atoms with E-state index in [2.05, 4.69) is 0 Å². The lowest BCUT2D eigenvalue weighted by Gasteiger charge is -2.28. The molecule has 0 saturated carbocycles. The number of rotatable bonds is 1. The van der Waals surface area contributed by atoms with E-state index < -0.39 is 6.10 Å². The summed E-state index contributed by atoms with van der Waals surface area (Å²) < 4.78 is 5.44. The Hall–Kier alpha value is -1.06. The Kier molecular flexibility index (Phi) is 2.20. The Balaban J connectivity index is 2.31. The van der Waals surface area contributed by atoms with Crippen molar-refractivity contribution in [2.45, 2.75) is 18.6 Å². The fraction of sp³-hybridized carbons (Fsp3) is 0.400. The van der Waals surface area contributed by atoms with E-state index in [9.17, 15) is 5.11 Å². The maximum absolute atomic E-state index is 9.67. The van der Waals surface area contributed by atoms with Gasteiger partial charge < -0.3 is 14.9 Å². The van der Waals surface area contributed by atoms with E-state index in [0.717, 1.165) is 5.56 Å². The van der Waals surface area contributed by atoms with Crippen molar-refractivity contribution in [2.24, 2.45) is 0 Å². The molecule has 70 valence electrons. The van der Waals surface area contributed by atoms with Gasteiger partial charge in [0.25, 0.3) is 0 Å². The standard InChI is InChI=1S/C10H12O3/c11-6-7-5-9(12)8-3-1-2-4-10(8)13-7/h1-4,7,9,11-12H,5-6H2/t7?,9-/m0/s1. The largest absolute Gasteiger partial charge is 0.488 e. The van der Waals surface area contributed by atoms with Gasteiger partial charge >= 0.3 is 0 Å². The molecule has 0 fully saturated rings. The topological polar surface area (TPSA) is 49.7 Å². The van der Waals surface area contributed by atoms with Crippen molar-refractivity contribution in [3.05, 3.63) is 29.8 Å². The summed E-state index contributed by atoms with van der Waals surface area (Å²) in [7, 11) is 0. The van der Waals surface area contributed by atoms with Crippen LogP contribution in [0.1, 0.15) is 18.1 Å². The first-order valence-corrected chi connectivity index (χ1v) is 4.36. The first kappa shape index (κ1) is 8.53. The zero-order valence-electron chi connectivity index (χ0n) is 7.18. The quantitative estimate of drug-likeness (QED) is 0.674. The van der Waals surface area contributed by atoms with Crippen LogP contribution in [0, 0.1) is 0 Å². The summed E-state index contributed by atoms with van der Waals surface area (Å²) in [5.74, 6) is 0.681. The number of benzene rings is 1. The lowest BCUT2D eigenvalue weighted by Crippen LogP contribution is -2.28. The summed E-state index contributed by atoms with van der Waals surface area (Å²) in [6.45, 7) is -0.0502. The summed E-state index contributed by atoms with van der Waals surface area (Å²) in [5.41, 5.74) is 0.812. The molecule has 0 spiro atoms. The van der Waals surface area contributed by atoms with Crippen LogP contribution in [0.25, 0.3) is 0 Å². The number of hydrogen-bond donors (Lipinski definition) is 2. The molecule has 3 nitrogen and oxygen atoms in total. The van der Waals surface area contributed by atoms with Crippen LogP contribution in [-0.2, 0) is 0 Å². The van der Waals surface area contributed by atoms with Crippen molar-refractivity contribution >= 4 is 0 Å². The van der Waals surface area contributed by atoms with E-state index in [0.29, 0.717) is 12.2 Å². The van der Waals surface area contributed by atoms with Gasteiger partial charge in [-0.25, -0.2) is 0 Å². The van der Waals surface area contributed by atoms with E-state index in [-0.39, 0.29) is 12.7 Å². The van der Waals surface area contributed by atoms with E-state index >= 15 is 0 Å². The second kappa shape index (κ2) is 3.36. The van der Waals surface area contributed by atoms with Gasteiger partial charge in [0.1, 0.15) is 11.9 Å².